The number of benzene rings is 2. The second-order valence-corrected chi connectivity index (χ2v) is 6.19. The lowest BCUT2D eigenvalue weighted by Gasteiger charge is -2.08. The predicted octanol–water partition coefficient (Wildman–Crippen LogP) is 4.08. The Balaban J connectivity index is 1.96. The van der Waals surface area contributed by atoms with Crippen molar-refractivity contribution in [3.63, 3.8) is 0 Å². The van der Waals surface area contributed by atoms with Crippen LogP contribution in [0.3, 0.4) is 0 Å². The van der Waals surface area contributed by atoms with Gasteiger partial charge < -0.3 is 9.47 Å². The Bertz CT molecular complexity index is 1070. The first-order chi connectivity index (χ1) is 13.0. The number of nitrogens with one attached hydrogen (secondary N) is 1. The quantitative estimate of drug-likeness (QED) is 0.301. The molecule has 0 aliphatic rings. The van der Waals surface area contributed by atoms with Crippen LogP contribution in [0, 0.1) is 4.77 Å². The Hall–Kier alpha value is -2.97. The van der Waals surface area contributed by atoms with Gasteiger partial charge in [-0.3, -0.25) is 4.79 Å². The van der Waals surface area contributed by atoms with E-state index in [1.165, 1.54) is 18.7 Å². The third-order valence-electron chi connectivity index (χ3n) is 3.53. The Morgan fingerprint density at radius 2 is 2.07 bits per heavy atom. The molecule has 2 aromatic carbocycles. The topological polar surface area (TPSA) is 81.5 Å². The molecule has 0 amide bonds. The summed E-state index contributed by atoms with van der Waals surface area (Å²) in [4.78, 5) is 11.1. The summed E-state index contributed by atoms with van der Waals surface area (Å²) < 4.78 is 12.1. The van der Waals surface area contributed by atoms with E-state index >= 15 is 0 Å². The average molecular weight is 403 g/mol. The molecule has 0 aliphatic carbocycles. The summed E-state index contributed by atoms with van der Waals surface area (Å²) in [6.07, 6.45) is 1.59. The van der Waals surface area contributed by atoms with Crippen LogP contribution in [0.15, 0.2) is 47.6 Å². The molecule has 1 heterocycles. The number of halogens is 1. The smallest absolute Gasteiger partial charge is 0.308 e. The molecule has 27 heavy (non-hydrogen) atoms. The lowest BCUT2D eigenvalue weighted by atomic mass is 10.2. The zero-order valence-electron chi connectivity index (χ0n) is 14.5. The van der Waals surface area contributed by atoms with E-state index in [-0.39, 0.29) is 0 Å². The minimum Gasteiger partial charge on any atom is -0.493 e. The van der Waals surface area contributed by atoms with Gasteiger partial charge in [-0.05, 0) is 48.1 Å². The molecule has 7 nitrogen and oxygen atoms in total. The number of methoxy groups -OCH3 is 1. The zero-order chi connectivity index (χ0) is 19.4. The van der Waals surface area contributed by atoms with Gasteiger partial charge in [0.15, 0.2) is 17.3 Å². The van der Waals surface area contributed by atoms with E-state index in [4.69, 9.17) is 33.3 Å². The molecule has 0 saturated heterocycles. The van der Waals surface area contributed by atoms with Crippen LogP contribution in [0.5, 0.6) is 11.5 Å². The molecule has 138 valence electrons. The number of esters is 1. The van der Waals surface area contributed by atoms with Crippen LogP contribution in [0.1, 0.15) is 12.5 Å². The summed E-state index contributed by atoms with van der Waals surface area (Å²) in [5.41, 5.74) is 1.42. The Morgan fingerprint density at radius 3 is 2.78 bits per heavy atom. The van der Waals surface area contributed by atoms with Crippen LogP contribution in [-0.4, -0.2) is 34.2 Å². The fourth-order valence-electron chi connectivity index (χ4n) is 2.34. The summed E-state index contributed by atoms with van der Waals surface area (Å²) in [5, 5.41) is 11.8. The lowest BCUT2D eigenvalue weighted by Crippen LogP contribution is -2.03. The van der Waals surface area contributed by atoms with E-state index in [9.17, 15) is 4.79 Å². The van der Waals surface area contributed by atoms with E-state index in [1.807, 2.05) is 18.2 Å². The number of rotatable bonds is 5. The number of H-pyrrole nitrogens is 1. The highest BCUT2D eigenvalue weighted by molar-refractivity contribution is 7.71. The standard InChI is InChI=1S/C18H15ClN4O3S/c1-11(24)26-15-8-7-12(9-16(15)25-2)10-20-23-17(21-22-18(23)27)13-5-3-4-6-14(13)19/h3-10H,1-2H3,(H,22,27)/b20-10-. The van der Waals surface area contributed by atoms with Gasteiger partial charge in [0.25, 0.3) is 0 Å². The summed E-state index contributed by atoms with van der Waals surface area (Å²) in [7, 11) is 1.49. The second-order valence-electron chi connectivity index (χ2n) is 5.39. The Morgan fingerprint density at radius 1 is 1.30 bits per heavy atom. The predicted molar refractivity (Wildman–Crippen MR) is 105 cm³/mol. The summed E-state index contributed by atoms with van der Waals surface area (Å²) in [5.74, 6) is 0.809. The minimum absolute atomic E-state index is 0.324. The molecule has 0 aliphatic heterocycles. The molecule has 9 heteroatoms. The lowest BCUT2D eigenvalue weighted by molar-refractivity contribution is -0.132. The van der Waals surface area contributed by atoms with Gasteiger partial charge in [0.2, 0.25) is 4.77 Å². The van der Waals surface area contributed by atoms with Crippen LogP contribution < -0.4 is 9.47 Å². The van der Waals surface area contributed by atoms with E-state index in [0.29, 0.717) is 32.7 Å². The molecule has 1 N–H and O–H groups in total. The molecule has 0 unspecified atom stereocenters. The van der Waals surface area contributed by atoms with Gasteiger partial charge >= 0.3 is 5.97 Å². The number of aromatic nitrogens is 3. The van der Waals surface area contributed by atoms with Gasteiger partial charge in [-0.1, -0.05) is 23.7 Å². The van der Waals surface area contributed by atoms with Crippen molar-refractivity contribution >= 4 is 36.0 Å². The zero-order valence-corrected chi connectivity index (χ0v) is 16.0. The number of carbonyl (C=O) groups is 1. The maximum atomic E-state index is 11.1. The molecule has 3 rings (SSSR count). The molecule has 1 aromatic heterocycles. The van der Waals surface area contributed by atoms with Crippen LogP contribution in [0.4, 0.5) is 0 Å². The van der Waals surface area contributed by atoms with Crippen molar-refractivity contribution in [2.45, 2.75) is 6.92 Å². The first-order valence-corrected chi connectivity index (χ1v) is 8.61. The third-order valence-corrected chi connectivity index (χ3v) is 4.12. The Labute approximate surface area is 165 Å². The highest BCUT2D eigenvalue weighted by Crippen LogP contribution is 2.28. The van der Waals surface area contributed by atoms with Crippen molar-refractivity contribution in [3.05, 3.63) is 57.8 Å². The normalized spacial score (nSPS) is 10.9. The van der Waals surface area contributed by atoms with E-state index in [0.717, 1.165) is 5.56 Å². The van der Waals surface area contributed by atoms with Gasteiger partial charge in [-0.15, -0.1) is 0 Å². The monoisotopic (exact) mass is 402 g/mol. The molecule has 0 saturated carbocycles. The minimum atomic E-state index is -0.427. The van der Waals surface area contributed by atoms with Crippen molar-refractivity contribution in [1.29, 1.82) is 0 Å². The largest absolute Gasteiger partial charge is 0.493 e. The molecular formula is C18H15ClN4O3S. The summed E-state index contributed by atoms with van der Waals surface area (Å²) in [6.45, 7) is 1.33. The average Bonchev–Trinajstić information content (AvgIpc) is 3.01. The van der Waals surface area contributed by atoms with E-state index in [2.05, 4.69) is 15.3 Å². The van der Waals surface area contributed by atoms with Gasteiger partial charge in [-0.25, -0.2) is 5.10 Å². The first-order valence-electron chi connectivity index (χ1n) is 7.82. The van der Waals surface area contributed by atoms with Crippen LogP contribution in [-0.2, 0) is 4.79 Å². The van der Waals surface area contributed by atoms with Crippen molar-refractivity contribution < 1.29 is 14.3 Å². The third kappa shape index (κ3) is 4.24. The van der Waals surface area contributed by atoms with Gasteiger partial charge in [0, 0.05) is 12.5 Å². The number of aromatic amines is 1. The fraction of sp³-hybridized carbons (Fsp3) is 0.111. The summed E-state index contributed by atoms with van der Waals surface area (Å²) >= 11 is 11.5. The second kappa shape index (κ2) is 8.15. The molecule has 0 spiro atoms. The SMILES string of the molecule is COc1cc(/C=N\n2c(-c3ccccc3Cl)n[nH]c2=S)ccc1OC(C)=O. The van der Waals surface area contributed by atoms with E-state index < -0.39 is 5.97 Å². The van der Waals surface area contributed by atoms with Crippen molar-refractivity contribution in [2.24, 2.45) is 5.10 Å². The molecule has 0 radical (unpaired) electrons. The Kier molecular flexibility index (Phi) is 5.68. The molecule has 0 atom stereocenters. The maximum absolute atomic E-state index is 11.1. The van der Waals surface area contributed by atoms with Crippen molar-refractivity contribution in [1.82, 2.24) is 14.9 Å². The van der Waals surface area contributed by atoms with Gasteiger partial charge in [0.05, 0.1) is 18.3 Å². The maximum Gasteiger partial charge on any atom is 0.308 e. The number of ether oxygens (including phenoxy) is 2. The van der Waals surface area contributed by atoms with Crippen molar-refractivity contribution in [3.8, 4) is 22.9 Å². The molecule has 0 fully saturated rings. The number of hydrogen-bond acceptors (Lipinski definition) is 6. The van der Waals surface area contributed by atoms with Gasteiger partial charge in [-0.2, -0.15) is 14.9 Å². The highest BCUT2D eigenvalue weighted by atomic mass is 35.5. The molecule has 3 aromatic rings. The molecule has 0 bridgehead atoms. The number of nitrogens with zero attached hydrogens (tertiary/aromatic N) is 3. The van der Waals surface area contributed by atoms with Crippen LogP contribution in [0.25, 0.3) is 11.4 Å². The number of carbonyl (C=O) groups excluding carboxylic acids is 1. The summed E-state index contributed by atoms with van der Waals surface area (Å²) in [6, 6.07) is 12.3. The highest BCUT2D eigenvalue weighted by Gasteiger charge is 2.12. The van der Waals surface area contributed by atoms with Gasteiger partial charge in [0.1, 0.15) is 0 Å². The van der Waals surface area contributed by atoms with Crippen LogP contribution in [0.2, 0.25) is 5.02 Å². The first kappa shape index (κ1) is 18.8. The molecular weight excluding hydrogens is 388 g/mol. The fourth-order valence-corrected chi connectivity index (χ4v) is 2.74. The van der Waals surface area contributed by atoms with Crippen LogP contribution >= 0.6 is 23.8 Å². The van der Waals surface area contributed by atoms with E-state index in [1.54, 1.807) is 30.5 Å². The van der Waals surface area contributed by atoms with Crippen molar-refractivity contribution in [2.75, 3.05) is 7.11 Å². The number of hydrogen-bond donors (Lipinski definition) is 1.